The zero-order valence-corrected chi connectivity index (χ0v) is 9.46. The van der Waals surface area contributed by atoms with Crippen LogP contribution in [-0.2, 0) is 6.42 Å². The number of aromatic nitrogens is 1. The molecule has 14 heavy (non-hydrogen) atoms. The molecular weight excluding hydrogens is 174 g/mol. The van der Waals surface area contributed by atoms with Gasteiger partial charge in [-0.25, -0.2) is 0 Å². The SMILES string of the molecule is CCc1cc(C)c(C(O)CC)c(C)n1. The quantitative estimate of drug-likeness (QED) is 0.800. The maximum atomic E-state index is 9.81. The van der Waals surface area contributed by atoms with Gasteiger partial charge in [0.1, 0.15) is 0 Å². The number of aliphatic hydroxyl groups is 1. The van der Waals surface area contributed by atoms with Crippen molar-refractivity contribution >= 4 is 0 Å². The monoisotopic (exact) mass is 193 g/mol. The summed E-state index contributed by atoms with van der Waals surface area (Å²) in [4.78, 5) is 4.46. The van der Waals surface area contributed by atoms with Crippen LogP contribution in [0, 0.1) is 13.8 Å². The third kappa shape index (κ3) is 2.13. The van der Waals surface area contributed by atoms with Crippen LogP contribution in [0.1, 0.15) is 48.9 Å². The van der Waals surface area contributed by atoms with E-state index in [2.05, 4.69) is 18.0 Å². The van der Waals surface area contributed by atoms with E-state index < -0.39 is 0 Å². The average molecular weight is 193 g/mol. The molecule has 0 saturated heterocycles. The summed E-state index contributed by atoms with van der Waals surface area (Å²) in [7, 11) is 0. The molecule has 0 amide bonds. The number of hydrogen-bond donors (Lipinski definition) is 1. The molecule has 1 heterocycles. The number of aliphatic hydroxyl groups excluding tert-OH is 1. The van der Waals surface area contributed by atoms with Gasteiger partial charge in [0.25, 0.3) is 0 Å². The second-order valence-electron chi connectivity index (χ2n) is 3.71. The summed E-state index contributed by atoms with van der Waals surface area (Å²) in [6.07, 6.45) is 1.33. The highest BCUT2D eigenvalue weighted by Gasteiger charge is 2.12. The second-order valence-corrected chi connectivity index (χ2v) is 3.71. The molecule has 1 N–H and O–H groups in total. The van der Waals surface area contributed by atoms with Crippen molar-refractivity contribution in [3.05, 3.63) is 28.6 Å². The normalized spacial score (nSPS) is 12.9. The summed E-state index contributed by atoms with van der Waals surface area (Å²) in [5.41, 5.74) is 4.23. The molecule has 0 saturated carbocycles. The fourth-order valence-corrected chi connectivity index (χ4v) is 1.81. The van der Waals surface area contributed by atoms with Gasteiger partial charge in [-0.1, -0.05) is 13.8 Å². The van der Waals surface area contributed by atoms with Gasteiger partial charge in [0.05, 0.1) is 6.10 Å². The second kappa shape index (κ2) is 4.56. The number of pyridine rings is 1. The summed E-state index contributed by atoms with van der Waals surface area (Å²) in [5.74, 6) is 0. The lowest BCUT2D eigenvalue weighted by Gasteiger charge is -2.15. The lowest BCUT2D eigenvalue weighted by atomic mass is 9.99. The third-order valence-electron chi connectivity index (χ3n) is 2.59. The van der Waals surface area contributed by atoms with Crippen molar-refractivity contribution in [1.82, 2.24) is 4.98 Å². The Morgan fingerprint density at radius 1 is 1.36 bits per heavy atom. The van der Waals surface area contributed by atoms with Gasteiger partial charge in [0.15, 0.2) is 0 Å². The van der Waals surface area contributed by atoms with E-state index in [-0.39, 0.29) is 6.10 Å². The highest BCUT2D eigenvalue weighted by molar-refractivity contribution is 5.33. The molecule has 0 bridgehead atoms. The van der Waals surface area contributed by atoms with Crippen LogP contribution < -0.4 is 0 Å². The van der Waals surface area contributed by atoms with Crippen LogP contribution in [0.25, 0.3) is 0 Å². The Bertz CT molecular complexity index is 297. The molecule has 0 spiro atoms. The van der Waals surface area contributed by atoms with E-state index in [0.717, 1.165) is 35.4 Å². The predicted molar refractivity (Wildman–Crippen MR) is 58.3 cm³/mol. The number of nitrogens with zero attached hydrogens (tertiary/aromatic N) is 1. The van der Waals surface area contributed by atoms with Crippen LogP contribution in [0.2, 0.25) is 0 Å². The van der Waals surface area contributed by atoms with Crippen molar-refractivity contribution in [2.45, 2.75) is 46.6 Å². The Kier molecular flexibility index (Phi) is 3.64. The van der Waals surface area contributed by atoms with Crippen LogP contribution in [-0.4, -0.2) is 10.1 Å². The van der Waals surface area contributed by atoms with E-state index in [4.69, 9.17) is 0 Å². The summed E-state index contributed by atoms with van der Waals surface area (Å²) in [6.45, 7) is 8.09. The van der Waals surface area contributed by atoms with Crippen molar-refractivity contribution in [3.8, 4) is 0 Å². The zero-order chi connectivity index (χ0) is 10.7. The Hall–Kier alpha value is -0.890. The fraction of sp³-hybridized carbons (Fsp3) is 0.583. The van der Waals surface area contributed by atoms with Crippen molar-refractivity contribution < 1.29 is 5.11 Å². The molecule has 1 rings (SSSR count). The molecule has 0 fully saturated rings. The highest BCUT2D eigenvalue weighted by Crippen LogP contribution is 2.23. The Balaban J connectivity index is 3.18. The molecule has 78 valence electrons. The number of hydrogen-bond acceptors (Lipinski definition) is 2. The van der Waals surface area contributed by atoms with Gasteiger partial charge in [0.2, 0.25) is 0 Å². The Morgan fingerprint density at radius 2 is 2.00 bits per heavy atom. The van der Waals surface area contributed by atoms with Gasteiger partial charge in [0, 0.05) is 17.0 Å². The van der Waals surface area contributed by atoms with Crippen LogP contribution in [0.15, 0.2) is 6.07 Å². The standard InChI is InChI=1S/C12H19NO/c1-5-10-7-8(3)12(9(4)13-10)11(14)6-2/h7,11,14H,5-6H2,1-4H3. The van der Waals surface area contributed by atoms with Crippen LogP contribution >= 0.6 is 0 Å². The third-order valence-corrected chi connectivity index (χ3v) is 2.59. The maximum Gasteiger partial charge on any atom is 0.0807 e. The summed E-state index contributed by atoms with van der Waals surface area (Å²) in [6, 6.07) is 2.07. The van der Waals surface area contributed by atoms with E-state index in [1.54, 1.807) is 0 Å². The minimum atomic E-state index is -0.367. The molecular formula is C12H19NO. The number of rotatable bonds is 3. The first-order valence-electron chi connectivity index (χ1n) is 5.25. The van der Waals surface area contributed by atoms with Crippen LogP contribution in [0.3, 0.4) is 0 Å². The minimum absolute atomic E-state index is 0.367. The molecule has 2 heteroatoms. The lowest BCUT2D eigenvalue weighted by molar-refractivity contribution is 0.171. The largest absolute Gasteiger partial charge is 0.388 e. The van der Waals surface area contributed by atoms with Crippen LogP contribution in [0.5, 0.6) is 0 Å². The molecule has 0 aliphatic heterocycles. The molecule has 1 aromatic rings. The molecule has 0 aliphatic rings. The summed E-state index contributed by atoms with van der Waals surface area (Å²) >= 11 is 0. The molecule has 1 atom stereocenters. The highest BCUT2D eigenvalue weighted by atomic mass is 16.3. The van der Waals surface area contributed by atoms with Gasteiger partial charge in [-0.15, -0.1) is 0 Å². The van der Waals surface area contributed by atoms with Gasteiger partial charge in [-0.2, -0.15) is 0 Å². The minimum Gasteiger partial charge on any atom is -0.388 e. The summed E-state index contributed by atoms with van der Waals surface area (Å²) in [5, 5.41) is 9.81. The van der Waals surface area contributed by atoms with E-state index in [1.165, 1.54) is 0 Å². The molecule has 2 nitrogen and oxygen atoms in total. The van der Waals surface area contributed by atoms with Crippen LogP contribution in [0.4, 0.5) is 0 Å². The van der Waals surface area contributed by atoms with E-state index in [0.29, 0.717) is 0 Å². The maximum absolute atomic E-state index is 9.81. The summed E-state index contributed by atoms with van der Waals surface area (Å²) < 4.78 is 0. The van der Waals surface area contributed by atoms with Crippen molar-refractivity contribution in [2.75, 3.05) is 0 Å². The predicted octanol–water partition coefficient (Wildman–Crippen LogP) is 2.70. The molecule has 0 radical (unpaired) electrons. The van der Waals surface area contributed by atoms with E-state index >= 15 is 0 Å². The molecule has 1 unspecified atom stereocenters. The van der Waals surface area contributed by atoms with Crippen molar-refractivity contribution in [2.24, 2.45) is 0 Å². The lowest BCUT2D eigenvalue weighted by Crippen LogP contribution is -2.05. The first kappa shape index (κ1) is 11.2. The van der Waals surface area contributed by atoms with Crippen molar-refractivity contribution in [1.29, 1.82) is 0 Å². The first-order chi connectivity index (χ1) is 6.60. The topological polar surface area (TPSA) is 33.1 Å². The zero-order valence-electron chi connectivity index (χ0n) is 9.46. The fourth-order valence-electron chi connectivity index (χ4n) is 1.81. The number of aryl methyl sites for hydroxylation is 3. The molecule has 0 aliphatic carbocycles. The van der Waals surface area contributed by atoms with Gasteiger partial charge >= 0.3 is 0 Å². The Morgan fingerprint density at radius 3 is 2.43 bits per heavy atom. The van der Waals surface area contributed by atoms with Gasteiger partial charge < -0.3 is 5.11 Å². The van der Waals surface area contributed by atoms with Crippen molar-refractivity contribution in [3.63, 3.8) is 0 Å². The van der Waals surface area contributed by atoms with Gasteiger partial charge in [-0.3, -0.25) is 4.98 Å². The molecule has 0 aromatic carbocycles. The first-order valence-corrected chi connectivity index (χ1v) is 5.25. The Labute approximate surface area is 86.0 Å². The van der Waals surface area contributed by atoms with E-state index in [9.17, 15) is 5.11 Å². The average Bonchev–Trinajstić information content (AvgIpc) is 2.16. The smallest absolute Gasteiger partial charge is 0.0807 e. The van der Waals surface area contributed by atoms with E-state index in [1.807, 2.05) is 20.8 Å². The molecule has 1 aromatic heterocycles. The van der Waals surface area contributed by atoms with Gasteiger partial charge in [-0.05, 0) is 38.3 Å².